The highest BCUT2D eigenvalue weighted by molar-refractivity contribution is 7.09. The molecule has 1 aromatic heterocycles. The SMILES string of the molecule is CC(C)OC(=O)C1CCCN1C(=O)c1csc(C2CCN(C(=O)C3C(C)(C)C3(C)C)CC2)n1. The third kappa shape index (κ3) is 4.31. The van der Waals surface area contributed by atoms with Crippen molar-refractivity contribution in [3.8, 4) is 0 Å². The molecule has 8 heteroatoms. The van der Waals surface area contributed by atoms with Gasteiger partial charge in [0.25, 0.3) is 5.91 Å². The summed E-state index contributed by atoms with van der Waals surface area (Å²) in [5.74, 6) is 0.131. The maximum Gasteiger partial charge on any atom is 0.329 e. The van der Waals surface area contributed by atoms with E-state index in [0.29, 0.717) is 18.7 Å². The Morgan fingerprint density at radius 3 is 2.27 bits per heavy atom. The first-order chi connectivity index (χ1) is 15.4. The minimum Gasteiger partial charge on any atom is -0.461 e. The number of amides is 2. The minimum absolute atomic E-state index is 0.0561. The average Bonchev–Trinajstić information content (AvgIpc) is 3.27. The van der Waals surface area contributed by atoms with E-state index in [-0.39, 0.29) is 46.6 Å². The van der Waals surface area contributed by atoms with Crippen LogP contribution in [0.2, 0.25) is 0 Å². The summed E-state index contributed by atoms with van der Waals surface area (Å²) in [4.78, 5) is 46.9. The van der Waals surface area contributed by atoms with Gasteiger partial charge in [-0.25, -0.2) is 9.78 Å². The van der Waals surface area contributed by atoms with E-state index in [1.807, 2.05) is 24.1 Å². The number of ether oxygens (including phenoxy) is 1. The van der Waals surface area contributed by atoms with Crippen LogP contribution in [0.4, 0.5) is 0 Å². The molecule has 1 saturated carbocycles. The summed E-state index contributed by atoms with van der Waals surface area (Å²) >= 11 is 1.51. The van der Waals surface area contributed by atoms with Crippen molar-refractivity contribution in [2.75, 3.05) is 19.6 Å². The molecule has 182 valence electrons. The summed E-state index contributed by atoms with van der Waals surface area (Å²) in [6.07, 6.45) is 2.97. The third-order valence-electron chi connectivity index (χ3n) is 8.30. The van der Waals surface area contributed by atoms with Gasteiger partial charge in [0.2, 0.25) is 5.91 Å². The standard InChI is InChI=1S/C25H37N3O4S/c1-15(2)32-23(31)18-8-7-11-28(18)21(29)17-14-33-20(26-17)16-9-12-27(13-10-16)22(30)19-24(3,4)25(19,5)6/h14-16,18-19H,7-13H2,1-6H3. The highest BCUT2D eigenvalue weighted by Gasteiger charge is 2.68. The van der Waals surface area contributed by atoms with Gasteiger partial charge < -0.3 is 14.5 Å². The lowest BCUT2D eigenvalue weighted by Gasteiger charge is -2.32. The number of piperidine rings is 1. The fraction of sp³-hybridized carbons (Fsp3) is 0.760. The molecule has 0 N–H and O–H groups in total. The summed E-state index contributed by atoms with van der Waals surface area (Å²) in [5, 5.41) is 2.77. The quantitative estimate of drug-likeness (QED) is 0.600. The Morgan fingerprint density at radius 2 is 1.70 bits per heavy atom. The van der Waals surface area contributed by atoms with E-state index in [1.54, 1.807) is 4.90 Å². The molecular formula is C25H37N3O4S. The van der Waals surface area contributed by atoms with Gasteiger partial charge in [0.1, 0.15) is 11.7 Å². The second-order valence-electron chi connectivity index (χ2n) is 11.2. The fourth-order valence-electron chi connectivity index (χ4n) is 5.63. The van der Waals surface area contributed by atoms with Gasteiger partial charge in [0, 0.05) is 36.9 Å². The average molecular weight is 476 g/mol. The first kappa shape index (κ1) is 24.2. The summed E-state index contributed by atoms with van der Waals surface area (Å²) in [5.41, 5.74) is 0.528. The summed E-state index contributed by atoms with van der Waals surface area (Å²) in [7, 11) is 0. The van der Waals surface area contributed by atoms with Crippen LogP contribution in [0, 0.1) is 16.7 Å². The molecule has 33 heavy (non-hydrogen) atoms. The highest BCUT2D eigenvalue weighted by Crippen LogP contribution is 2.68. The van der Waals surface area contributed by atoms with Crippen LogP contribution in [-0.2, 0) is 14.3 Å². The van der Waals surface area contributed by atoms with Crippen LogP contribution < -0.4 is 0 Å². The van der Waals surface area contributed by atoms with Gasteiger partial charge in [-0.1, -0.05) is 27.7 Å². The number of likely N-dealkylation sites (tertiary alicyclic amines) is 2. The molecule has 2 amide bonds. The van der Waals surface area contributed by atoms with Crippen LogP contribution in [0.5, 0.6) is 0 Å². The number of rotatable bonds is 5. The van der Waals surface area contributed by atoms with E-state index in [0.717, 1.165) is 37.4 Å². The molecule has 1 unspecified atom stereocenters. The van der Waals surface area contributed by atoms with Crippen molar-refractivity contribution < 1.29 is 19.1 Å². The second kappa shape index (κ2) is 8.67. The zero-order chi connectivity index (χ0) is 24.1. The topological polar surface area (TPSA) is 79.8 Å². The monoisotopic (exact) mass is 475 g/mol. The van der Waals surface area contributed by atoms with E-state index < -0.39 is 6.04 Å². The Kier molecular flexibility index (Phi) is 6.35. The molecule has 4 rings (SSSR count). The fourth-order valence-corrected chi connectivity index (χ4v) is 6.59. The molecule has 0 spiro atoms. The maximum atomic E-state index is 13.1. The number of hydrogen-bond donors (Lipinski definition) is 0. The lowest BCUT2D eigenvalue weighted by atomic mass is 9.96. The van der Waals surface area contributed by atoms with Crippen molar-refractivity contribution in [2.45, 2.75) is 85.3 Å². The molecule has 0 bridgehead atoms. The predicted molar refractivity (Wildman–Crippen MR) is 127 cm³/mol. The van der Waals surface area contributed by atoms with E-state index in [2.05, 4.69) is 32.7 Å². The highest BCUT2D eigenvalue weighted by atomic mass is 32.1. The van der Waals surface area contributed by atoms with Crippen molar-refractivity contribution in [1.29, 1.82) is 0 Å². The first-order valence-corrected chi connectivity index (χ1v) is 13.1. The largest absolute Gasteiger partial charge is 0.461 e. The lowest BCUT2D eigenvalue weighted by molar-refractivity contribution is -0.152. The molecule has 0 aromatic carbocycles. The number of aromatic nitrogens is 1. The molecule has 2 aliphatic heterocycles. The maximum absolute atomic E-state index is 13.1. The van der Waals surface area contributed by atoms with Crippen LogP contribution in [0.25, 0.3) is 0 Å². The van der Waals surface area contributed by atoms with Crippen LogP contribution in [0.15, 0.2) is 5.38 Å². The van der Waals surface area contributed by atoms with Gasteiger partial charge in [-0.2, -0.15) is 0 Å². The van der Waals surface area contributed by atoms with Crippen LogP contribution in [-0.4, -0.2) is 64.3 Å². The van der Waals surface area contributed by atoms with Crippen molar-refractivity contribution in [3.05, 3.63) is 16.1 Å². The molecule has 2 saturated heterocycles. The molecule has 1 aliphatic carbocycles. The second-order valence-corrected chi connectivity index (χ2v) is 12.1. The van der Waals surface area contributed by atoms with Gasteiger partial charge in [0.05, 0.1) is 11.1 Å². The van der Waals surface area contributed by atoms with Gasteiger partial charge >= 0.3 is 5.97 Å². The number of hydrogen-bond acceptors (Lipinski definition) is 6. The summed E-state index contributed by atoms with van der Waals surface area (Å²) in [6, 6.07) is -0.518. The molecule has 3 fully saturated rings. The van der Waals surface area contributed by atoms with Gasteiger partial charge in [-0.3, -0.25) is 9.59 Å². The van der Waals surface area contributed by atoms with E-state index >= 15 is 0 Å². The Labute approximate surface area is 200 Å². The van der Waals surface area contributed by atoms with Gasteiger partial charge in [-0.05, 0) is 50.4 Å². The number of esters is 1. The zero-order valence-electron chi connectivity index (χ0n) is 20.7. The van der Waals surface area contributed by atoms with Gasteiger partial charge in [-0.15, -0.1) is 11.3 Å². The van der Waals surface area contributed by atoms with Crippen LogP contribution in [0.3, 0.4) is 0 Å². The first-order valence-electron chi connectivity index (χ1n) is 12.2. The Hall–Kier alpha value is -1.96. The normalized spacial score (nSPS) is 24.9. The molecule has 3 heterocycles. The number of thiazole rings is 1. The molecule has 0 radical (unpaired) electrons. The summed E-state index contributed by atoms with van der Waals surface area (Å²) < 4.78 is 5.34. The minimum atomic E-state index is -0.518. The van der Waals surface area contributed by atoms with Crippen LogP contribution >= 0.6 is 11.3 Å². The Bertz CT molecular complexity index is 916. The van der Waals surface area contributed by atoms with E-state index in [1.165, 1.54) is 11.3 Å². The predicted octanol–water partition coefficient (Wildman–Crippen LogP) is 4.09. The van der Waals surface area contributed by atoms with Crippen molar-refractivity contribution >= 4 is 29.1 Å². The zero-order valence-corrected chi connectivity index (χ0v) is 21.5. The smallest absolute Gasteiger partial charge is 0.329 e. The molecule has 3 aliphatic rings. The number of carbonyl (C=O) groups excluding carboxylic acids is 3. The molecule has 7 nitrogen and oxygen atoms in total. The van der Waals surface area contributed by atoms with Crippen molar-refractivity contribution in [3.63, 3.8) is 0 Å². The summed E-state index contributed by atoms with van der Waals surface area (Å²) in [6.45, 7) is 14.4. The third-order valence-corrected chi connectivity index (χ3v) is 9.31. The van der Waals surface area contributed by atoms with Crippen molar-refractivity contribution in [2.24, 2.45) is 16.7 Å². The Morgan fingerprint density at radius 1 is 1.06 bits per heavy atom. The molecular weight excluding hydrogens is 438 g/mol. The number of nitrogens with zero attached hydrogens (tertiary/aromatic N) is 3. The Balaban J connectivity index is 1.35. The molecule has 1 atom stereocenters. The lowest BCUT2D eigenvalue weighted by Crippen LogP contribution is -2.42. The van der Waals surface area contributed by atoms with Crippen molar-refractivity contribution in [1.82, 2.24) is 14.8 Å². The van der Waals surface area contributed by atoms with E-state index in [4.69, 9.17) is 4.74 Å². The van der Waals surface area contributed by atoms with Gasteiger partial charge in [0.15, 0.2) is 0 Å². The molecule has 1 aromatic rings. The van der Waals surface area contributed by atoms with E-state index in [9.17, 15) is 14.4 Å². The van der Waals surface area contributed by atoms with Crippen LogP contribution in [0.1, 0.15) is 88.6 Å². The number of carbonyl (C=O) groups is 3.